The average Bonchev–Trinajstić information content (AvgIpc) is 2.34. The lowest BCUT2D eigenvalue weighted by Gasteiger charge is -2.16. The molecule has 2 rings (SSSR count). The lowest BCUT2D eigenvalue weighted by Crippen LogP contribution is -2.24. The molecule has 1 unspecified atom stereocenters. The Morgan fingerprint density at radius 3 is 2.50 bits per heavy atom. The van der Waals surface area contributed by atoms with E-state index in [1.54, 1.807) is 10.6 Å². The third-order valence-corrected chi connectivity index (χ3v) is 3.17. The van der Waals surface area contributed by atoms with Gasteiger partial charge < -0.3 is 9.67 Å². The zero-order valence-corrected chi connectivity index (χ0v) is 10.6. The number of nitrogens with zero attached hydrogens (tertiary/aromatic N) is 1. The van der Waals surface area contributed by atoms with Crippen molar-refractivity contribution in [1.29, 1.82) is 0 Å². The fraction of sp³-hybridized carbons (Fsp3) is 0.267. The number of rotatable bonds is 3. The van der Waals surface area contributed by atoms with Crippen molar-refractivity contribution in [2.45, 2.75) is 26.5 Å². The molecule has 1 atom stereocenters. The normalized spacial score (nSPS) is 12.4. The first-order valence-electron chi connectivity index (χ1n) is 5.99. The predicted octanol–water partition coefficient (Wildman–Crippen LogP) is 2.20. The van der Waals surface area contributed by atoms with E-state index in [-0.39, 0.29) is 12.1 Å². The number of hydrogen-bond acceptors (Lipinski definition) is 2. The minimum Gasteiger partial charge on any atom is -0.387 e. The van der Waals surface area contributed by atoms with Crippen molar-refractivity contribution in [3.8, 4) is 0 Å². The maximum Gasteiger partial charge on any atom is 0.250 e. The molecule has 0 aliphatic rings. The number of aliphatic hydroxyl groups is 1. The lowest BCUT2D eigenvalue weighted by molar-refractivity contribution is 0.153. The summed E-state index contributed by atoms with van der Waals surface area (Å²) in [6.45, 7) is 4.11. The zero-order chi connectivity index (χ0) is 13.1. The molecule has 1 aromatic heterocycles. The van der Waals surface area contributed by atoms with Gasteiger partial charge in [-0.15, -0.1) is 0 Å². The average molecular weight is 243 g/mol. The van der Waals surface area contributed by atoms with Crippen molar-refractivity contribution in [3.63, 3.8) is 0 Å². The Bertz CT molecular complexity index is 601. The summed E-state index contributed by atoms with van der Waals surface area (Å²) >= 11 is 0. The van der Waals surface area contributed by atoms with Crippen molar-refractivity contribution < 1.29 is 5.11 Å². The summed E-state index contributed by atoms with van der Waals surface area (Å²) in [6.07, 6.45) is -0.662. The van der Waals surface area contributed by atoms with Gasteiger partial charge >= 0.3 is 0 Å². The van der Waals surface area contributed by atoms with E-state index in [1.807, 2.05) is 44.2 Å². The van der Waals surface area contributed by atoms with Gasteiger partial charge in [0.25, 0.3) is 5.56 Å². The van der Waals surface area contributed by atoms with Gasteiger partial charge in [-0.1, -0.05) is 30.3 Å². The fourth-order valence-corrected chi connectivity index (χ4v) is 2.09. The molecule has 0 radical (unpaired) electrons. The second-order valence-corrected chi connectivity index (χ2v) is 4.49. The van der Waals surface area contributed by atoms with Crippen LogP contribution in [0.3, 0.4) is 0 Å². The van der Waals surface area contributed by atoms with Gasteiger partial charge in [-0.05, 0) is 31.0 Å². The molecule has 0 spiro atoms. The molecule has 0 saturated heterocycles. The Hall–Kier alpha value is -1.87. The van der Waals surface area contributed by atoms with Gasteiger partial charge in [0.15, 0.2) is 0 Å². The maximum atomic E-state index is 11.7. The first kappa shape index (κ1) is 12.6. The summed E-state index contributed by atoms with van der Waals surface area (Å²) in [5.74, 6) is 0. The van der Waals surface area contributed by atoms with E-state index in [0.717, 1.165) is 16.8 Å². The van der Waals surface area contributed by atoms with Crippen molar-refractivity contribution in [2.75, 3.05) is 0 Å². The van der Waals surface area contributed by atoms with Gasteiger partial charge in [-0.25, -0.2) is 0 Å². The van der Waals surface area contributed by atoms with Gasteiger partial charge in [0.1, 0.15) is 0 Å². The number of hydrogen-bond donors (Lipinski definition) is 1. The van der Waals surface area contributed by atoms with Gasteiger partial charge in [-0.2, -0.15) is 0 Å². The van der Waals surface area contributed by atoms with Crippen LogP contribution in [-0.4, -0.2) is 9.67 Å². The summed E-state index contributed by atoms with van der Waals surface area (Å²) in [7, 11) is 0. The standard InChI is InChI=1S/C15H17NO2/c1-11-6-3-4-8-13(11)14(17)10-16-12(2)7-5-9-15(16)18/h3-9,14,17H,10H2,1-2H3. The van der Waals surface area contributed by atoms with Crippen molar-refractivity contribution >= 4 is 0 Å². The molecule has 0 amide bonds. The van der Waals surface area contributed by atoms with E-state index in [4.69, 9.17) is 0 Å². The predicted molar refractivity (Wildman–Crippen MR) is 71.6 cm³/mol. The third-order valence-electron chi connectivity index (χ3n) is 3.17. The Balaban J connectivity index is 2.30. The highest BCUT2D eigenvalue weighted by Crippen LogP contribution is 2.18. The second kappa shape index (κ2) is 5.19. The summed E-state index contributed by atoms with van der Waals surface area (Å²) < 4.78 is 1.59. The monoisotopic (exact) mass is 243 g/mol. The van der Waals surface area contributed by atoms with Gasteiger partial charge in [-0.3, -0.25) is 4.79 Å². The highest BCUT2D eigenvalue weighted by Gasteiger charge is 2.12. The Morgan fingerprint density at radius 1 is 1.11 bits per heavy atom. The SMILES string of the molecule is Cc1ccccc1C(O)Cn1c(C)cccc1=O. The number of aryl methyl sites for hydroxylation is 2. The molecule has 2 aromatic rings. The summed E-state index contributed by atoms with van der Waals surface area (Å²) in [6, 6.07) is 12.8. The minimum atomic E-state index is -0.662. The Kier molecular flexibility index (Phi) is 3.63. The van der Waals surface area contributed by atoms with Crippen LogP contribution < -0.4 is 5.56 Å². The molecule has 0 aliphatic carbocycles. The molecule has 1 N–H and O–H groups in total. The largest absolute Gasteiger partial charge is 0.387 e. The van der Waals surface area contributed by atoms with Crippen LogP contribution in [0.4, 0.5) is 0 Å². The van der Waals surface area contributed by atoms with Crippen LogP contribution in [0.25, 0.3) is 0 Å². The number of aromatic nitrogens is 1. The molecule has 3 heteroatoms. The molecule has 0 saturated carbocycles. The first-order valence-corrected chi connectivity index (χ1v) is 5.99. The number of pyridine rings is 1. The van der Waals surface area contributed by atoms with E-state index in [0.29, 0.717) is 0 Å². The molecule has 1 aromatic carbocycles. The van der Waals surface area contributed by atoms with Gasteiger partial charge in [0.05, 0.1) is 12.6 Å². The minimum absolute atomic E-state index is 0.0809. The van der Waals surface area contributed by atoms with E-state index < -0.39 is 6.10 Å². The first-order chi connectivity index (χ1) is 8.59. The third kappa shape index (κ3) is 2.51. The lowest BCUT2D eigenvalue weighted by atomic mass is 10.0. The fourth-order valence-electron chi connectivity index (χ4n) is 2.09. The highest BCUT2D eigenvalue weighted by molar-refractivity contribution is 5.27. The molecule has 18 heavy (non-hydrogen) atoms. The van der Waals surface area contributed by atoms with Gasteiger partial charge in [0, 0.05) is 11.8 Å². The second-order valence-electron chi connectivity index (χ2n) is 4.49. The molecule has 0 fully saturated rings. The number of benzene rings is 1. The van der Waals surface area contributed by atoms with Crippen LogP contribution in [0.1, 0.15) is 22.9 Å². The topological polar surface area (TPSA) is 42.2 Å². The van der Waals surface area contributed by atoms with E-state index >= 15 is 0 Å². The van der Waals surface area contributed by atoms with Crippen molar-refractivity contribution in [3.05, 3.63) is 69.6 Å². The van der Waals surface area contributed by atoms with Crippen LogP contribution in [0, 0.1) is 13.8 Å². The van der Waals surface area contributed by atoms with Crippen LogP contribution in [-0.2, 0) is 6.54 Å². The molecule has 1 heterocycles. The Morgan fingerprint density at radius 2 is 1.83 bits per heavy atom. The summed E-state index contributed by atoms with van der Waals surface area (Å²) in [5, 5.41) is 10.2. The van der Waals surface area contributed by atoms with Crippen LogP contribution in [0.2, 0.25) is 0 Å². The zero-order valence-electron chi connectivity index (χ0n) is 10.6. The molecular formula is C15H17NO2. The summed E-state index contributed by atoms with van der Waals surface area (Å²) in [4.78, 5) is 11.7. The van der Waals surface area contributed by atoms with Gasteiger partial charge in [0.2, 0.25) is 0 Å². The molecule has 94 valence electrons. The summed E-state index contributed by atoms with van der Waals surface area (Å²) in [5.41, 5.74) is 2.68. The van der Waals surface area contributed by atoms with Crippen molar-refractivity contribution in [1.82, 2.24) is 4.57 Å². The van der Waals surface area contributed by atoms with E-state index in [1.165, 1.54) is 6.07 Å². The molecule has 0 aliphatic heterocycles. The van der Waals surface area contributed by atoms with E-state index in [2.05, 4.69) is 0 Å². The molecule has 3 nitrogen and oxygen atoms in total. The van der Waals surface area contributed by atoms with Crippen LogP contribution in [0.5, 0.6) is 0 Å². The van der Waals surface area contributed by atoms with Crippen molar-refractivity contribution in [2.24, 2.45) is 0 Å². The molecule has 0 bridgehead atoms. The smallest absolute Gasteiger partial charge is 0.250 e. The quantitative estimate of drug-likeness (QED) is 0.898. The Labute approximate surface area is 106 Å². The molecular weight excluding hydrogens is 226 g/mol. The number of aliphatic hydroxyl groups excluding tert-OH is 1. The van der Waals surface area contributed by atoms with Crippen LogP contribution >= 0.6 is 0 Å². The highest BCUT2D eigenvalue weighted by atomic mass is 16.3. The van der Waals surface area contributed by atoms with Crippen LogP contribution in [0.15, 0.2) is 47.3 Å². The van der Waals surface area contributed by atoms with E-state index in [9.17, 15) is 9.90 Å². The maximum absolute atomic E-state index is 11.7.